The highest BCUT2D eigenvalue weighted by Gasteiger charge is 2.27. The van der Waals surface area contributed by atoms with Crippen molar-refractivity contribution < 1.29 is 9.90 Å². The molecular formula is C13H17ClN2O2. The third kappa shape index (κ3) is 2.82. The van der Waals surface area contributed by atoms with Crippen LogP contribution in [0, 0.1) is 5.92 Å². The van der Waals surface area contributed by atoms with Gasteiger partial charge in [0.05, 0.1) is 10.9 Å². The number of carboxylic acid groups (broad SMARTS) is 1. The summed E-state index contributed by atoms with van der Waals surface area (Å²) < 4.78 is 0. The van der Waals surface area contributed by atoms with E-state index in [-0.39, 0.29) is 12.0 Å². The van der Waals surface area contributed by atoms with Crippen LogP contribution in [0.15, 0.2) is 18.5 Å². The summed E-state index contributed by atoms with van der Waals surface area (Å²) in [6, 6.07) is 2.13. The second kappa shape index (κ2) is 5.67. The first-order valence-electron chi connectivity index (χ1n) is 6.16. The van der Waals surface area contributed by atoms with Crippen LogP contribution in [0.3, 0.4) is 0 Å². The number of pyridine rings is 1. The lowest BCUT2D eigenvalue weighted by Gasteiger charge is -2.35. The van der Waals surface area contributed by atoms with E-state index in [1.165, 1.54) is 0 Å². The van der Waals surface area contributed by atoms with Crippen molar-refractivity contribution in [2.24, 2.45) is 5.92 Å². The molecule has 1 aliphatic heterocycles. The van der Waals surface area contributed by atoms with E-state index in [9.17, 15) is 4.79 Å². The molecule has 18 heavy (non-hydrogen) atoms. The lowest BCUT2D eigenvalue weighted by atomic mass is 9.95. The van der Waals surface area contributed by atoms with E-state index in [0.29, 0.717) is 17.9 Å². The maximum absolute atomic E-state index is 10.9. The zero-order chi connectivity index (χ0) is 13.1. The van der Waals surface area contributed by atoms with Crippen LogP contribution in [0.4, 0.5) is 0 Å². The normalized spacial score (nSPS) is 19.7. The number of nitrogens with zero attached hydrogens (tertiary/aromatic N) is 2. The molecule has 0 aliphatic carbocycles. The molecule has 0 bridgehead atoms. The van der Waals surface area contributed by atoms with Gasteiger partial charge >= 0.3 is 5.97 Å². The first kappa shape index (κ1) is 13.3. The molecule has 4 nitrogen and oxygen atoms in total. The van der Waals surface area contributed by atoms with Gasteiger partial charge in [0.25, 0.3) is 0 Å². The summed E-state index contributed by atoms with van der Waals surface area (Å²) in [7, 11) is 0. The number of rotatable bonds is 3. The van der Waals surface area contributed by atoms with E-state index in [1.807, 2.05) is 6.07 Å². The van der Waals surface area contributed by atoms with Gasteiger partial charge in [-0.1, -0.05) is 11.6 Å². The van der Waals surface area contributed by atoms with Crippen LogP contribution in [-0.4, -0.2) is 34.0 Å². The second-order valence-corrected chi connectivity index (χ2v) is 5.13. The van der Waals surface area contributed by atoms with Crippen molar-refractivity contribution >= 4 is 17.6 Å². The fraction of sp³-hybridized carbons (Fsp3) is 0.538. The largest absolute Gasteiger partial charge is 0.481 e. The second-order valence-electron chi connectivity index (χ2n) is 4.72. The minimum Gasteiger partial charge on any atom is -0.481 e. The van der Waals surface area contributed by atoms with E-state index >= 15 is 0 Å². The summed E-state index contributed by atoms with van der Waals surface area (Å²) >= 11 is 6.13. The summed E-state index contributed by atoms with van der Waals surface area (Å²) in [5, 5.41) is 9.65. The number of hydrogen-bond donors (Lipinski definition) is 1. The van der Waals surface area contributed by atoms with Crippen molar-refractivity contribution in [2.45, 2.75) is 25.8 Å². The molecule has 1 atom stereocenters. The molecule has 0 spiro atoms. The number of carboxylic acids is 1. The molecule has 2 rings (SSSR count). The van der Waals surface area contributed by atoms with Gasteiger partial charge in [-0.3, -0.25) is 14.7 Å². The van der Waals surface area contributed by atoms with Crippen molar-refractivity contribution in [1.82, 2.24) is 9.88 Å². The lowest BCUT2D eigenvalue weighted by molar-refractivity contribution is -0.143. The van der Waals surface area contributed by atoms with Gasteiger partial charge in [-0.25, -0.2) is 0 Å². The zero-order valence-electron chi connectivity index (χ0n) is 10.3. The Morgan fingerprint density at radius 2 is 2.22 bits per heavy atom. The predicted octanol–water partition coefficient (Wildman–Crippen LogP) is 2.59. The first-order valence-corrected chi connectivity index (χ1v) is 6.53. The fourth-order valence-electron chi connectivity index (χ4n) is 2.46. The number of carbonyl (C=O) groups is 1. The van der Waals surface area contributed by atoms with Gasteiger partial charge in [0, 0.05) is 18.4 Å². The zero-order valence-corrected chi connectivity index (χ0v) is 11.1. The average molecular weight is 269 g/mol. The Morgan fingerprint density at radius 3 is 2.78 bits per heavy atom. The van der Waals surface area contributed by atoms with Crippen LogP contribution >= 0.6 is 11.6 Å². The number of piperidine rings is 1. The molecule has 1 aliphatic rings. The molecule has 1 unspecified atom stereocenters. The number of halogens is 1. The van der Waals surface area contributed by atoms with E-state index in [4.69, 9.17) is 16.7 Å². The lowest BCUT2D eigenvalue weighted by Crippen LogP contribution is -2.37. The summed E-state index contributed by atoms with van der Waals surface area (Å²) in [6.07, 6.45) is 4.81. The molecule has 0 radical (unpaired) electrons. The molecule has 1 saturated heterocycles. The number of likely N-dealkylation sites (tertiary alicyclic amines) is 1. The summed E-state index contributed by atoms with van der Waals surface area (Å²) in [6.45, 7) is 3.70. The Morgan fingerprint density at radius 1 is 1.56 bits per heavy atom. The molecule has 98 valence electrons. The van der Waals surface area contributed by atoms with Gasteiger partial charge in [0.1, 0.15) is 0 Å². The van der Waals surface area contributed by atoms with E-state index in [1.54, 1.807) is 12.4 Å². The van der Waals surface area contributed by atoms with Crippen molar-refractivity contribution in [1.29, 1.82) is 0 Å². The standard InChI is InChI=1S/C13H17ClN2O2/c1-9(11-2-5-15-8-12(11)14)16-6-3-10(4-7-16)13(17)18/h2,5,8-10H,3-4,6-7H2,1H3,(H,17,18). The van der Waals surface area contributed by atoms with E-state index in [0.717, 1.165) is 18.7 Å². The van der Waals surface area contributed by atoms with Crippen LogP contribution in [0.2, 0.25) is 5.02 Å². The fourth-order valence-corrected chi connectivity index (χ4v) is 2.73. The predicted molar refractivity (Wildman–Crippen MR) is 69.6 cm³/mol. The topological polar surface area (TPSA) is 53.4 Å². The highest BCUT2D eigenvalue weighted by molar-refractivity contribution is 6.31. The summed E-state index contributed by atoms with van der Waals surface area (Å²) in [4.78, 5) is 17.2. The third-order valence-electron chi connectivity index (χ3n) is 3.68. The molecule has 0 saturated carbocycles. The monoisotopic (exact) mass is 268 g/mol. The molecular weight excluding hydrogens is 252 g/mol. The Bertz CT molecular complexity index is 431. The van der Waals surface area contributed by atoms with Crippen LogP contribution < -0.4 is 0 Å². The SMILES string of the molecule is CC(c1ccncc1Cl)N1CCC(C(=O)O)CC1. The highest BCUT2D eigenvalue weighted by Crippen LogP contribution is 2.30. The van der Waals surface area contributed by atoms with Crippen LogP contribution in [0.25, 0.3) is 0 Å². The number of hydrogen-bond acceptors (Lipinski definition) is 3. The Labute approximate surface area is 112 Å². The van der Waals surface area contributed by atoms with Crippen LogP contribution in [0.1, 0.15) is 31.4 Å². The van der Waals surface area contributed by atoms with Crippen molar-refractivity contribution in [3.63, 3.8) is 0 Å². The van der Waals surface area contributed by atoms with Crippen molar-refractivity contribution in [2.75, 3.05) is 13.1 Å². The maximum Gasteiger partial charge on any atom is 0.306 e. The van der Waals surface area contributed by atoms with Gasteiger partial charge in [-0.05, 0) is 44.5 Å². The minimum absolute atomic E-state index is 0.193. The summed E-state index contributed by atoms with van der Waals surface area (Å²) in [5.74, 6) is -0.870. The Hall–Kier alpha value is -1.13. The molecule has 1 fully saturated rings. The smallest absolute Gasteiger partial charge is 0.306 e. The molecule has 2 heterocycles. The third-order valence-corrected chi connectivity index (χ3v) is 4.00. The summed E-state index contributed by atoms with van der Waals surface area (Å²) in [5.41, 5.74) is 1.06. The van der Waals surface area contributed by atoms with Gasteiger partial charge < -0.3 is 5.11 Å². The maximum atomic E-state index is 10.9. The quantitative estimate of drug-likeness (QED) is 0.916. The molecule has 0 amide bonds. The van der Waals surface area contributed by atoms with Gasteiger partial charge in [0.2, 0.25) is 0 Å². The van der Waals surface area contributed by atoms with Crippen LogP contribution in [-0.2, 0) is 4.79 Å². The molecule has 0 aromatic carbocycles. The molecule has 1 aromatic rings. The van der Waals surface area contributed by atoms with E-state index in [2.05, 4.69) is 16.8 Å². The first-order chi connectivity index (χ1) is 8.59. The van der Waals surface area contributed by atoms with Gasteiger partial charge in [-0.15, -0.1) is 0 Å². The minimum atomic E-state index is -0.677. The highest BCUT2D eigenvalue weighted by atomic mass is 35.5. The molecule has 5 heteroatoms. The Kier molecular flexibility index (Phi) is 4.19. The van der Waals surface area contributed by atoms with Crippen molar-refractivity contribution in [3.8, 4) is 0 Å². The number of aliphatic carboxylic acids is 1. The van der Waals surface area contributed by atoms with Crippen LogP contribution in [0.5, 0.6) is 0 Å². The van der Waals surface area contributed by atoms with E-state index < -0.39 is 5.97 Å². The Balaban J connectivity index is 2.02. The van der Waals surface area contributed by atoms with Gasteiger partial charge in [-0.2, -0.15) is 0 Å². The molecule has 1 aromatic heterocycles. The average Bonchev–Trinajstić information content (AvgIpc) is 2.38. The number of aromatic nitrogens is 1. The molecule has 1 N–H and O–H groups in total. The van der Waals surface area contributed by atoms with Gasteiger partial charge in [0.15, 0.2) is 0 Å². The van der Waals surface area contributed by atoms with Crippen molar-refractivity contribution in [3.05, 3.63) is 29.0 Å².